The van der Waals surface area contributed by atoms with Crippen molar-refractivity contribution in [1.29, 1.82) is 0 Å². The van der Waals surface area contributed by atoms with Crippen LogP contribution >= 0.6 is 0 Å². The van der Waals surface area contributed by atoms with E-state index in [-0.39, 0.29) is 76.1 Å². The molecule has 0 bridgehead atoms. The van der Waals surface area contributed by atoms with Gasteiger partial charge in [-0.2, -0.15) is 0 Å². The van der Waals surface area contributed by atoms with Crippen LogP contribution in [0.2, 0.25) is 0 Å². The Hall–Kier alpha value is -12.6. The number of fused-ring (bicyclic) bond motifs is 13. The molecule has 0 atom stereocenters. The lowest BCUT2D eigenvalue weighted by Gasteiger charge is -2.46. The summed E-state index contributed by atoms with van der Waals surface area (Å²) in [6.45, 7) is 52.9. The van der Waals surface area contributed by atoms with Gasteiger partial charge in [-0.1, -0.05) is 384 Å². The quantitative estimate of drug-likeness (QED) is 0.134. The normalized spacial score (nSPS) is 15.3. The van der Waals surface area contributed by atoms with Gasteiger partial charge in [0, 0.05) is 88.7 Å². The zero-order chi connectivity index (χ0) is 104. The van der Waals surface area contributed by atoms with Crippen LogP contribution < -0.4 is 26.2 Å². The largest absolute Gasteiger partial charge is 0.310 e. The molecule has 638 valence electrons. The van der Waals surface area contributed by atoms with E-state index < -0.39 is 114 Å². The maximum Gasteiger partial charge on any atom is 0.252 e. The summed E-state index contributed by atoms with van der Waals surface area (Å²) in [5.74, 6) is 0. The van der Waals surface area contributed by atoms with Gasteiger partial charge in [0.2, 0.25) is 0 Å². The predicted molar refractivity (Wildman–Crippen MR) is 555 cm³/mol. The first-order chi connectivity index (χ1) is 67.2. The van der Waals surface area contributed by atoms with Crippen molar-refractivity contribution in [2.75, 3.05) is 9.80 Å². The minimum Gasteiger partial charge on any atom is -0.310 e. The number of hydrogen-bond donors (Lipinski definition) is 0. The monoisotopic (exact) mass is 1680 g/mol. The van der Waals surface area contributed by atoms with E-state index in [0.29, 0.717) is 34.1 Å². The molecule has 0 N–H and O–H groups in total. The van der Waals surface area contributed by atoms with Crippen molar-refractivity contribution in [1.82, 2.24) is 13.7 Å². The molecule has 2 aliphatic rings. The van der Waals surface area contributed by atoms with Crippen LogP contribution in [0.25, 0.3) is 127 Å². The van der Waals surface area contributed by atoms with E-state index in [2.05, 4.69) is 363 Å². The van der Waals surface area contributed by atoms with Crippen molar-refractivity contribution in [3.8, 4) is 61.6 Å². The molecular weight excluding hydrogens is 1550 g/mol. The Bertz CT molecular complexity index is 7950. The van der Waals surface area contributed by atoms with Gasteiger partial charge >= 0.3 is 0 Å². The molecule has 0 amide bonds. The van der Waals surface area contributed by atoms with Crippen LogP contribution in [0.5, 0.6) is 0 Å². The fourth-order valence-electron chi connectivity index (χ4n) is 19.9. The third kappa shape index (κ3) is 13.9. The highest BCUT2D eigenvalue weighted by Crippen LogP contribution is 2.57. The van der Waals surface area contributed by atoms with Gasteiger partial charge in [-0.3, -0.25) is 0 Å². The highest BCUT2D eigenvalue weighted by atomic mass is 15.2. The van der Waals surface area contributed by atoms with Crippen molar-refractivity contribution in [3.63, 3.8) is 0 Å². The zero-order valence-electron chi connectivity index (χ0n) is 94.4. The van der Waals surface area contributed by atoms with Crippen LogP contribution in [-0.2, 0) is 43.3 Å². The maximum atomic E-state index is 10.2. The molecule has 128 heavy (non-hydrogen) atoms. The van der Waals surface area contributed by atoms with Crippen molar-refractivity contribution in [2.24, 2.45) is 0 Å². The van der Waals surface area contributed by atoms with Crippen LogP contribution in [-0.4, -0.2) is 20.4 Å². The maximum absolute atomic E-state index is 10.2. The number of para-hydroxylation sites is 6. The average Bonchev–Trinajstić information content (AvgIpc) is 1.02. The molecule has 15 aromatic carbocycles. The van der Waals surface area contributed by atoms with E-state index in [1.165, 1.54) is 0 Å². The van der Waals surface area contributed by atoms with E-state index in [1.807, 2.05) is 24.3 Å². The van der Waals surface area contributed by atoms with Gasteiger partial charge in [0.1, 0.15) is 0 Å². The highest BCUT2D eigenvalue weighted by molar-refractivity contribution is 7.00. The van der Waals surface area contributed by atoms with Crippen molar-refractivity contribution < 1.29 is 21.9 Å². The lowest BCUT2D eigenvalue weighted by atomic mass is 9.33. The molecule has 0 unspecified atom stereocenters. The van der Waals surface area contributed by atoms with Crippen LogP contribution in [0.4, 0.5) is 34.1 Å². The topological polar surface area (TPSA) is 21.3 Å². The Kier molecular flexibility index (Phi) is 15.4. The molecule has 18 aromatic rings. The first kappa shape index (κ1) is 66.7. The molecule has 20 rings (SSSR count). The minimum atomic E-state index is -0.872. The summed E-state index contributed by atoms with van der Waals surface area (Å²) in [5.41, 5.74) is 22.5. The highest BCUT2D eigenvalue weighted by Gasteiger charge is 2.47. The summed E-state index contributed by atoms with van der Waals surface area (Å²) in [6.07, 6.45) is 0. The third-order valence-electron chi connectivity index (χ3n) is 27.0. The Balaban J connectivity index is 1.07. The van der Waals surface area contributed by atoms with Crippen molar-refractivity contribution >= 4 is 123 Å². The van der Waals surface area contributed by atoms with Gasteiger partial charge in [-0.05, 0) is 211 Å². The molecule has 3 aromatic heterocycles. The van der Waals surface area contributed by atoms with Crippen molar-refractivity contribution in [3.05, 3.63) is 347 Å². The molecular formula is C122H122BN5. The molecule has 5 heterocycles. The van der Waals surface area contributed by atoms with Gasteiger partial charge < -0.3 is 23.5 Å². The standard InChI is InChI=1S/C122H122BN5/c1-115(2,3)77-51-47-75(48-52-77)86-39-33-41-94(88-61-55-81(119(13,14)15)69-98(88)121(19,20)21)113(86)127-108-71-83(124-102-43-29-25-35-90(102)91-36-26-30-44-103(91)124)59-63-100(108)123-101-64-60-84(125-104-45-31-27-37-92(104)93-38-28-32-46-105(93)125)72-109(101)128(111-74-85(73-110(127)112(111)123)126-106-65-57-79(117(7,8)9)67-96(106)97-68-80(118(10,11)12)58-66-107(97)126)114-87(76-49-53-78(54-50-76)116(4,5)6)40-34-42-95(114)89-62-56-82(120(16,17)18)70-99(89)122(22,23)24/h25-74H,1-24H3/i25D,26D,27D,28D,29D,30D,31D,32D,35D,36D,37D,38D,43D,44D,45D,46D. The lowest BCUT2D eigenvalue weighted by molar-refractivity contribution is 0.569. The predicted octanol–water partition coefficient (Wildman–Crippen LogP) is 32.1. The average molecular weight is 1690 g/mol. The second-order valence-corrected chi connectivity index (χ2v) is 43.9. The second-order valence-electron chi connectivity index (χ2n) is 43.9. The molecule has 0 saturated carbocycles. The SMILES string of the molecule is [2H]c1c([2H])c([2H])c2c(c1[2H])c1c([2H])c([2H])c([2H])c([2H])c1n2-c1ccc2c(c1)N(c1c(-c3ccc(C(C)(C)C)cc3)cccc1-c1ccc(C(C)(C)C)cc1C(C)(C)C)c1cc(-n3c4ccc(C(C)(C)C)cc4c4cc(C(C)(C)C)ccc43)cc3c1B2c1ccc(-n2c4c([2H])c([2H])c([2H])c([2H])c4c4c([2H])c([2H])c([2H])c([2H])c42)cc1N3c1c(-c2ccc(C(C)(C)C)cc2)cccc1-c1ccc(C(C)(C)C)cc1C(C)(C)C. The number of aromatic nitrogens is 3. The van der Waals surface area contributed by atoms with Gasteiger partial charge in [0.15, 0.2) is 0 Å². The Labute approximate surface area is 782 Å². The van der Waals surface area contributed by atoms with E-state index >= 15 is 0 Å². The Morgan fingerprint density at radius 1 is 0.227 bits per heavy atom. The summed E-state index contributed by atoms with van der Waals surface area (Å²) in [5, 5.41) is 1.73. The Morgan fingerprint density at radius 2 is 0.516 bits per heavy atom. The molecule has 2 aliphatic heterocycles. The fourth-order valence-corrected chi connectivity index (χ4v) is 19.9. The van der Waals surface area contributed by atoms with Crippen LogP contribution in [0, 0.1) is 0 Å². The molecule has 5 nitrogen and oxygen atoms in total. The zero-order valence-corrected chi connectivity index (χ0v) is 78.4. The van der Waals surface area contributed by atoms with Gasteiger partial charge in [0.05, 0.1) is 72.1 Å². The van der Waals surface area contributed by atoms with Crippen LogP contribution in [0.15, 0.2) is 303 Å². The van der Waals surface area contributed by atoms with Crippen LogP contribution in [0.3, 0.4) is 0 Å². The smallest absolute Gasteiger partial charge is 0.252 e. The first-order valence-corrected chi connectivity index (χ1v) is 45.2. The summed E-state index contributed by atoms with van der Waals surface area (Å²) in [6, 6.07) is 66.9. The number of anilines is 6. The third-order valence-corrected chi connectivity index (χ3v) is 27.0. The van der Waals surface area contributed by atoms with E-state index in [9.17, 15) is 21.9 Å². The molecule has 0 saturated heterocycles. The molecule has 0 radical (unpaired) electrons. The molecule has 0 fully saturated rings. The van der Waals surface area contributed by atoms with Crippen molar-refractivity contribution in [2.45, 2.75) is 209 Å². The van der Waals surface area contributed by atoms with E-state index in [4.69, 9.17) is 0 Å². The Morgan fingerprint density at radius 3 is 0.844 bits per heavy atom. The first-order valence-electron chi connectivity index (χ1n) is 53.2. The van der Waals surface area contributed by atoms with Gasteiger partial charge in [-0.15, -0.1) is 0 Å². The lowest BCUT2D eigenvalue weighted by Crippen LogP contribution is -2.61. The fraction of sp³-hybridized carbons (Fsp3) is 0.262. The summed E-state index contributed by atoms with van der Waals surface area (Å²) >= 11 is 0. The second kappa shape index (κ2) is 29.5. The number of nitrogens with zero attached hydrogens (tertiary/aromatic N) is 5. The molecule has 0 aliphatic carbocycles. The molecule has 0 spiro atoms. The summed E-state index contributed by atoms with van der Waals surface area (Å²) < 4.78 is 162. The number of hydrogen-bond acceptors (Lipinski definition) is 2. The van der Waals surface area contributed by atoms with E-state index in [0.717, 1.165) is 144 Å². The number of rotatable bonds is 9. The van der Waals surface area contributed by atoms with E-state index in [1.54, 1.807) is 9.13 Å². The number of benzene rings is 15. The van der Waals surface area contributed by atoms with Gasteiger partial charge in [0.25, 0.3) is 6.71 Å². The van der Waals surface area contributed by atoms with Gasteiger partial charge in [-0.25, -0.2) is 0 Å². The summed E-state index contributed by atoms with van der Waals surface area (Å²) in [4.78, 5) is 4.84. The summed E-state index contributed by atoms with van der Waals surface area (Å²) in [7, 11) is 0. The minimum absolute atomic E-state index is 0.0594. The van der Waals surface area contributed by atoms with Crippen LogP contribution in [0.1, 0.15) is 233 Å². The molecule has 6 heteroatoms.